The third kappa shape index (κ3) is 6.07. The number of imidazole rings is 1. The van der Waals surface area contributed by atoms with Gasteiger partial charge in [-0.05, 0) is 51.0 Å². The van der Waals surface area contributed by atoms with Crippen LogP contribution in [0.2, 0.25) is 0 Å². The second kappa shape index (κ2) is 9.60. The first kappa shape index (κ1) is 25.7. The van der Waals surface area contributed by atoms with Crippen molar-refractivity contribution >= 4 is 21.4 Å². The maximum Gasteiger partial charge on any atom is 0.422 e. The zero-order valence-electron chi connectivity index (χ0n) is 19.6. The highest BCUT2D eigenvalue weighted by Crippen LogP contribution is 2.26. The zero-order chi connectivity index (χ0) is 26.1. The van der Waals surface area contributed by atoms with E-state index in [-0.39, 0.29) is 35.2 Å². The molecule has 0 unspecified atom stereocenters. The summed E-state index contributed by atoms with van der Waals surface area (Å²) < 4.78 is 73.2. The standard InChI is InChI=1S/C23H25F3N4O5S/c1-15-20(21(31)29-22(2)7-10-36(32,33)11-8-22)28-19-6-5-16(12-30(15)19)34-13-17-18(4-3-9-27-17)35-14-23(24,25)26/h3-6,9,12H,7-8,10-11,13-14H2,1-2H3,(H,29,31). The van der Waals surface area contributed by atoms with Crippen molar-refractivity contribution in [1.29, 1.82) is 0 Å². The van der Waals surface area contributed by atoms with E-state index in [4.69, 9.17) is 9.47 Å². The van der Waals surface area contributed by atoms with Crippen molar-refractivity contribution in [2.24, 2.45) is 0 Å². The summed E-state index contributed by atoms with van der Waals surface area (Å²) in [5.41, 5.74) is 0.801. The van der Waals surface area contributed by atoms with Gasteiger partial charge in [-0.25, -0.2) is 13.4 Å². The predicted molar refractivity (Wildman–Crippen MR) is 124 cm³/mol. The van der Waals surface area contributed by atoms with Gasteiger partial charge in [0, 0.05) is 11.7 Å². The molecule has 1 saturated heterocycles. The molecule has 1 aliphatic heterocycles. The van der Waals surface area contributed by atoms with Crippen LogP contribution in [0.3, 0.4) is 0 Å². The summed E-state index contributed by atoms with van der Waals surface area (Å²) in [6, 6.07) is 6.12. The summed E-state index contributed by atoms with van der Waals surface area (Å²) in [5.74, 6) is -0.00763. The predicted octanol–water partition coefficient (Wildman–Crippen LogP) is 3.25. The zero-order valence-corrected chi connectivity index (χ0v) is 20.4. The highest BCUT2D eigenvalue weighted by Gasteiger charge is 2.35. The van der Waals surface area contributed by atoms with Crippen LogP contribution in [-0.2, 0) is 16.4 Å². The van der Waals surface area contributed by atoms with E-state index >= 15 is 0 Å². The Labute approximate surface area is 205 Å². The van der Waals surface area contributed by atoms with E-state index in [2.05, 4.69) is 15.3 Å². The van der Waals surface area contributed by atoms with E-state index in [1.54, 1.807) is 29.7 Å². The van der Waals surface area contributed by atoms with Gasteiger partial charge in [0.25, 0.3) is 5.91 Å². The summed E-state index contributed by atoms with van der Waals surface area (Å²) in [4.78, 5) is 21.4. The van der Waals surface area contributed by atoms with Crippen LogP contribution in [0.5, 0.6) is 11.5 Å². The number of aromatic nitrogens is 3. The van der Waals surface area contributed by atoms with Crippen molar-refractivity contribution in [3.05, 3.63) is 53.7 Å². The van der Waals surface area contributed by atoms with Gasteiger partial charge in [-0.3, -0.25) is 14.2 Å². The van der Waals surface area contributed by atoms with Crippen LogP contribution >= 0.6 is 0 Å². The van der Waals surface area contributed by atoms with E-state index < -0.39 is 34.1 Å². The summed E-state index contributed by atoms with van der Waals surface area (Å²) in [7, 11) is -3.07. The van der Waals surface area contributed by atoms with E-state index in [0.717, 1.165) is 0 Å². The van der Waals surface area contributed by atoms with E-state index in [1.807, 2.05) is 6.92 Å². The molecular formula is C23H25F3N4O5S. The van der Waals surface area contributed by atoms with Crippen LogP contribution in [0.15, 0.2) is 36.7 Å². The number of carbonyl (C=O) groups is 1. The first-order chi connectivity index (χ1) is 16.8. The van der Waals surface area contributed by atoms with E-state index in [0.29, 0.717) is 29.9 Å². The Hall–Kier alpha value is -3.35. The molecule has 4 heterocycles. The average Bonchev–Trinajstić information content (AvgIpc) is 3.15. The van der Waals surface area contributed by atoms with Gasteiger partial charge in [0.1, 0.15) is 45.0 Å². The molecule has 1 fully saturated rings. The molecule has 0 aromatic carbocycles. The Balaban J connectivity index is 1.47. The Morgan fingerprint density at radius 1 is 1.19 bits per heavy atom. The molecule has 0 radical (unpaired) electrons. The number of halogens is 3. The lowest BCUT2D eigenvalue weighted by atomic mass is 9.94. The Morgan fingerprint density at radius 2 is 1.92 bits per heavy atom. The SMILES string of the molecule is Cc1c(C(=O)NC2(C)CCS(=O)(=O)CC2)nc2ccc(OCc3ncccc3OCC(F)(F)F)cn12. The lowest BCUT2D eigenvalue weighted by Crippen LogP contribution is -2.51. The molecule has 194 valence electrons. The largest absolute Gasteiger partial charge is 0.486 e. The molecule has 4 rings (SSSR count). The fraction of sp³-hybridized carbons (Fsp3) is 0.435. The average molecular weight is 527 g/mol. The van der Waals surface area contributed by atoms with Crippen molar-refractivity contribution < 1.29 is 35.9 Å². The molecule has 0 spiro atoms. The van der Waals surface area contributed by atoms with Gasteiger partial charge in [0.15, 0.2) is 6.61 Å². The van der Waals surface area contributed by atoms with E-state index in [1.165, 1.54) is 18.3 Å². The Kier molecular flexibility index (Phi) is 6.86. The molecule has 0 atom stereocenters. The number of sulfone groups is 1. The van der Waals surface area contributed by atoms with Crippen molar-refractivity contribution in [1.82, 2.24) is 19.7 Å². The van der Waals surface area contributed by atoms with Gasteiger partial charge < -0.3 is 14.8 Å². The maximum absolute atomic E-state index is 13.0. The third-order valence-electron chi connectivity index (χ3n) is 6.01. The summed E-state index contributed by atoms with van der Waals surface area (Å²) in [5, 5.41) is 2.93. The second-order valence-corrected chi connectivity index (χ2v) is 11.2. The highest BCUT2D eigenvalue weighted by atomic mass is 32.2. The first-order valence-electron chi connectivity index (χ1n) is 11.1. The molecule has 36 heavy (non-hydrogen) atoms. The number of carbonyl (C=O) groups excluding carboxylic acids is 1. The number of rotatable bonds is 7. The van der Waals surface area contributed by atoms with Crippen LogP contribution in [0.25, 0.3) is 5.65 Å². The molecule has 13 heteroatoms. The topological polar surface area (TPSA) is 112 Å². The first-order valence-corrected chi connectivity index (χ1v) is 12.9. The summed E-state index contributed by atoms with van der Waals surface area (Å²) in [6.07, 6.45) is -0.784. The Bertz CT molecular complexity index is 1370. The van der Waals surface area contributed by atoms with Gasteiger partial charge in [-0.1, -0.05) is 0 Å². The van der Waals surface area contributed by atoms with Gasteiger partial charge in [-0.15, -0.1) is 0 Å². The maximum atomic E-state index is 13.0. The number of hydrogen-bond donors (Lipinski definition) is 1. The van der Waals surface area contributed by atoms with Crippen molar-refractivity contribution in [3.63, 3.8) is 0 Å². The number of fused-ring (bicyclic) bond motifs is 1. The fourth-order valence-corrected chi connectivity index (χ4v) is 5.59. The van der Waals surface area contributed by atoms with Crippen LogP contribution < -0.4 is 14.8 Å². The monoisotopic (exact) mass is 526 g/mol. The third-order valence-corrected chi connectivity index (χ3v) is 7.66. The minimum Gasteiger partial charge on any atom is -0.486 e. The molecular weight excluding hydrogens is 501 g/mol. The van der Waals surface area contributed by atoms with Crippen LogP contribution in [0, 0.1) is 6.92 Å². The number of ether oxygens (including phenoxy) is 2. The van der Waals surface area contributed by atoms with Gasteiger partial charge in [0.05, 0.1) is 23.4 Å². The number of aryl methyl sites for hydroxylation is 1. The number of pyridine rings is 2. The quantitative estimate of drug-likeness (QED) is 0.503. The lowest BCUT2D eigenvalue weighted by Gasteiger charge is -2.34. The normalized spacial score (nSPS) is 17.0. The van der Waals surface area contributed by atoms with Gasteiger partial charge >= 0.3 is 6.18 Å². The number of alkyl halides is 3. The molecule has 0 aliphatic carbocycles. The minimum atomic E-state index is -4.48. The molecule has 0 saturated carbocycles. The molecule has 3 aromatic rings. The highest BCUT2D eigenvalue weighted by molar-refractivity contribution is 7.91. The fourth-order valence-electron chi connectivity index (χ4n) is 3.86. The molecule has 0 bridgehead atoms. The van der Waals surface area contributed by atoms with Gasteiger partial charge in [-0.2, -0.15) is 13.2 Å². The number of hydrogen-bond acceptors (Lipinski definition) is 7. The second-order valence-electron chi connectivity index (χ2n) is 8.95. The Morgan fingerprint density at radius 3 is 2.61 bits per heavy atom. The summed E-state index contributed by atoms with van der Waals surface area (Å²) in [6.45, 7) is 1.96. The summed E-state index contributed by atoms with van der Waals surface area (Å²) >= 11 is 0. The number of amides is 1. The van der Waals surface area contributed by atoms with Crippen molar-refractivity contribution in [3.8, 4) is 11.5 Å². The van der Waals surface area contributed by atoms with Gasteiger partial charge in [0.2, 0.25) is 0 Å². The van der Waals surface area contributed by atoms with Crippen LogP contribution in [0.4, 0.5) is 13.2 Å². The minimum absolute atomic E-state index is 0.0217. The van der Waals surface area contributed by atoms with Crippen LogP contribution in [-0.4, -0.2) is 58.5 Å². The number of nitrogens with zero attached hydrogens (tertiary/aromatic N) is 3. The van der Waals surface area contributed by atoms with Crippen LogP contribution in [0.1, 0.15) is 41.6 Å². The molecule has 1 N–H and O–H groups in total. The van der Waals surface area contributed by atoms with Crippen molar-refractivity contribution in [2.75, 3.05) is 18.1 Å². The number of nitrogens with one attached hydrogen (secondary N) is 1. The smallest absolute Gasteiger partial charge is 0.422 e. The molecule has 3 aromatic heterocycles. The van der Waals surface area contributed by atoms with Crippen molar-refractivity contribution in [2.45, 2.75) is 45.0 Å². The molecule has 1 aliphatic rings. The molecule has 1 amide bonds. The lowest BCUT2D eigenvalue weighted by molar-refractivity contribution is -0.153. The van der Waals surface area contributed by atoms with E-state index in [9.17, 15) is 26.4 Å². The molecule has 9 nitrogen and oxygen atoms in total.